The second kappa shape index (κ2) is 10.5. The van der Waals surface area contributed by atoms with Crippen LogP contribution < -0.4 is 5.32 Å². The highest BCUT2D eigenvalue weighted by atomic mass is 35.5. The number of hydrogen-bond donors (Lipinski definition) is 1. The number of benzene rings is 2. The number of likely N-dealkylation sites (N-methyl/N-ethyl adjacent to an activating group) is 1. The highest BCUT2D eigenvalue weighted by molar-refractivity contribution is 6.42. The molecule has 5 nitrogen and oxygen atoms in total. The first-order chi connectivity index (χ1) is 14.8. The fourth-order valence-electron chi connectivity index (χ4n) is 3.92. The number of nitrogens with one attached hydrogen (secondary N) is 1. The average Bonchev–Trinajstić information content (AvgIpc) is 2.76. The minimum atomic E-state index is -0.221. The van der Waals surface area contributed by atoms with Gasteiger partial charge in [-0.05, 0) is 57.6 Å². The molecule has 0 saturated carbocycles. The van der Waals surface area contributed by atoms with E-state index in [1.165, 1.54) is 5.56 Å². The van der Waals surface area contributed by atoms with Crippen LogP contribution in [0.3, 0.4) is 0 Å². The molecule has 0 aromatic heterocycles. The Labute approximate surface area is 194 Å². The van der Waals surface area contributed by atoms with Crippen LogP contribution in [-0.2, 0) is 4.79 Å². The summed E-state index contributed by atoms with van der Waals surface area (Å²) in [6.07, 6.45) is 1.56. The smallest absolute Gasteiger partial charge is 0.253 e. The van der Waals surface area contributed by atoms with E-state index >= 15 is 0 Å². The molecule has 1 fully saturated rings. The number of piperidine rings is 1. The highest BCUT2D eigenvalue weighted by Crippen LogP contribution is 2.25. The Morgan fingerprint density at radius 2 is 1.84 bits per heavy atom. The quantitative estimate of drug-likeness (QED) is 0.684. The van der Waals surface area contributed by atoms with E-state index in [-0.39, 0.29) is 23.8 Å². The minimum absolute atomic E-state index is 0.00870. The molecule has 0 spiro atoms. The van der Waals surface area contributed by atoms with Gasteiger partial charge in [0.15, 0.2) is 0 Å². The van der Waals surface area contributed by atoms with Crippen molar-refractivity contribution in [3.05, 3.63) is 69.2 Å². The number of rotatable bonds is 6. The van der Waals surface area contributed by atoms with Gasteiger partial charge in [-0.25, -0.2) is 0 Å². The van der Waals surface area contributed by atoms with E-state index in [4.69, 9.17) is 23.2 Å². The lowest BCUT2D eigenvalue weighted by molar-refractivity contribution is -0.126. The topological polar surface area (TPSA) is 52.7 Å². The molecule has 1 saturated heterocycles. The fourth-order valence-corrected chi connectivity index (χ4v) is 4.21. The summed E-state index contributed by atoms with van der Waals surface area (Å²) in [5.74, 6) is -0.353. The van der Waals surface area contributed by atoms with Gasteiger partial charge in [0, 0.05) is 25.2 Å². The molecule has 7 heteroatoms. The van der Waals surface area contributed by atoms with Crippen molar-refractivity contribution in [3.8, 4) is 0 Å². The fraction of sp³-hybridized carbons (Fsp3) is 0.417. The van der Waals surface area contributed by atoms with Gasteiger partial charge in [-0.2, -0.15) is 0 Å². The van der Waals surface area contributed by atoms with Crippen LogP contribution in [0.2, 0.25) is 10.0 Å². The first-order valence-corrected chi connectivity index (χ1v) is 11.3. The normalized spacial score (nSPS) is 17.5. The first-order valence-electron chi connectivity index (χ1n) is 10.5. The molecular weight excluding hydrogens is 433 g/mol. The summed E-state index contributed by atoms with van der Waals surface area (Å²) in [6, 6.07) is 13.3. The SMILES string of the molecule is Cc1ccc(C(CNC(=O)C2CCCN(C(=O)c3ccc(Cl)c(Cl)c3)C2)N(C)C)cc1. The number of halogens is 2. The van der Waals surface area contributed by atoms with Gasteiger partial charge in [-0.1, -0.05) is 53.0 Å². The Kier molecular flexibility index (Phi) is 7.98. The number of amides is 2. The zero-order valence-electron chi connectivity index (χ0n) is 18.2. The summed E-state index contributed by atoms with van der Waals surface area (Å²) in [6.45, 7) is 3.62. The van der Waals surface area contributed by atoms with Crippen molar-refractivity contribution in [2.24, 2.45) is 5.92 Å². The molecule has 2 aromatic rings. The third-order valence-corrected chi connectivity index (χ3v) is 6.54. The largest absolute Gasteiger partial charge is 0.354 e. The van der Waals surface area contributed by atoms with Crippen molar-refractivity contribution < 1.29 is 9.59 Å². The van der Waals surface area contributed by atoms with E-state index in [2.05, 4.69) is 41.4 Å². The molecule has 2 aromatic carbocycles. The van der Waals surface area contributed by atoms with Gasteiger partial charge < -0.3 is 15.1 Å². The van der Waals surface area contributed by atoms with E-state index < -0.39 is 0 Å². The Morgan fingerprint density at radius 1 is 1.13 bits per heavy atom. The molecule has 2 unspecified atom stereocenters. The van der Waals surface area contributed by atoms with Crippen molar-refractivity contribution in [3.63, 3.8) is 0 Å². The van der Waals surface area contributed by atoms with Gasteiger partial charge in [0.1, 0.15) is 0 Å². The third-order valence-electron chi connectivity index (χ3n) is 5.80. The summed E-state index contributed by atoms with van der Waals surface area (Å²) in [5.41, 5.74) is 2.86. The van der Waals surface area contributed by atoms with Gasteiger partial charge >= 0.3 is 0 Å². The highest BCUT2D eigenvalue weighted by Gasteiger charge is 2.29. The monoisotopic (exact) mass is 461 g/mol. The minimum Gasteiger partial charge on any atom is -0.354 e. The van der Waals surface area contributed by atoms with Crippen molar-refractivity contribution in [1.82, 2.24) is 15.1 Å². The van der Waals surface area contributed by atoms with Gasteiger partial charge in [-0.3, -0.25) is 9.59 Å². The van der Waals surface area contributed by atoms with Gasteiger partial charge in [0.05, 0.1) is 22.0 Å². The molecule has 166 valence electrons. The molecule has 0 aliphatic carbocycles. The van der Waals surface area contributed by atoms with Crippen LogP contribution in [0, 0.1) is 12.8 Å². The lowest BCUT2D eigenvalue weighted by atomic mass is 9.96. The number of carbonyl (C=O) groups is 2. The van der Waals surface area contributed by atoms with Crippen LogP contribution in [0.15, 0.2) is 42.5 Å². The Bertz CT molecular complexity index is 931. The predicted molar refractivity (Wildman–Crippen MR) is 126 cm³/mol. The third kappa shape index (κ3) is 6.00. The first kappa shape index (κ1) is 23.6. The number of nitrogens with zero attached hydrogens (tertiary/aromatic N) is 2. The Morgan fingerprint density at radius 3 is 2.48 bits per heavy atom. The molecule has 31 heavy (non-hydrogen) atoms. The zero-order valence-corrected chi connectivity index (χ0v) is 19.7. The van der Waals surface area contributed by atoms with Crippen LogP contribution >= 0.6 is 23.2 Å². The van der Waals surface area contributed by atoms with Crippen LogP contribution in [0.4, 0.5) is 0 Å². The summed E-state index contributed by atoms with van der Waals surface area (Å²) >= 11 is 12.0. The van der Waals surface area contributed by atoms with E-state index in [1.54, 1.807) is 23.1 Å². The molecule has 3 rings (SSSR count). The lowest BCUT2D eigenvalue weighted by Crippen LogP contribution is -2.46. The van der Waals surface area contributed by atoms with Crippen molar-refractivity contribution in [2.45, 2.75) is 25.8 Å². The van der Waals surface area contributed by atoms with Crippen molar-refractivity contribution in [1.29, 1.82) is 0 Å². The zero-order chi connectivity index (χ0) is 22.5. The summed E-state index contributed by atoms with van der Waals surface area (Å²) in [4.78, 5) is 29.6. The maximum Gasteiger partial charge on any atom is 0.253 e. The predicted octanol–water partition coefficient (Wildman–Crippen LogP) is 4.57. The molecule has 1 aliphatic heterocycles. The second-order valence-corrected chi connectivity index (χ2v) is 9.17. The van der Waals surface area contributed by atoms with Crippen LogP contribution in [0.5, 0.6) is 0 Å². The average molecular weight is 462 g/mol. The summed E-state index contributed by atoms with van der Waals surface area (Å²) < 4.78 is 0. The van der Waals surface area contributed by atoms with E-state index in [0.29, 0.717) is 35.2 Å². The molecule has 0 radical (unpaired) electrons. The van der Waals surface area contributed by atoms with Gasteiger partial charge in [0.25, 0.3) is 5.91 Å². The summed E-state index contributed by atoms with van der Waals surface area (Å²) in [5, 5.41) is 3.87. The van der Waals surface area contributed by atoms with Crippen molar-refractivity contribution in [2.75, 3.05) is 33.7 Å². The second-order valence-electron chi connectivity index (χ2n) is 8.35. The van der Waals surface area contributed by atoms with E-state index in [0.717, 1.165) is 18.4 Å². The van der Waals surface area contributed by atoms with Crippen LogP contribution in [-0.4, -0.2) is 55.3 Å². The molecule has 0 bridgehead atoms. The molecule has 1 heterocycles. The van der Waals surface area contributed by atoms with Crippen LogP contribution in [0.1, 0.15) is 40.4 Å². The standard InChI is InChI=1S/C24H29Cl2N3O2/c1-16-6-8-17(9-7-16)22(28(2)3)14-27-23(30)19-5-4-12-29(15-19)24(31)18-10-11-20(25)21(26)13-18/h6-11,13,19,22H,4-5,12,14-15H2,1-3H3,(H,27,30). The maximum atomic E-state index is 12.9. The number of likely N-dealkylation sites (tertiary alicyclic amines) is 1. The summed E-state index contributed by atoms with van der Waals surface area (Å²) in [7, 11) is 4.02. The lowest BCUT2D eigenvalue weighted by Gasteiger charge is -2.33. The molecule has 2 atom stereocenters. The molecular formula is C24H29Cl2N3O2. The molecule has 1 N–H and O–H groups in total. The van der Waals surface area contributed by atoms with Gasteiger partial charge in [-0.15, -0.1) is 0 Å². The molecule has 1 aliphatic rings. The number of hydrogen-bond acceptors (Lipinski definition) is 3. The molecule has 2 amide bonds. The van der Waals surface area contributed by atoms with Crippen molar-refractivity contribution >= 4 is 35.0 Å². The Hall–Kier alpha value is -2.08. The van der Waals surface area contributed by atoms with E-state index in [1.807, 2.05) is 14.1 Å². The van der Waals surface area contributed by atoms with E-state index in [9.17, 15) is 9.59 Å². The van der Waals surface area contributed by atoms with Crippen LogP contribution in [0.25, 0.3) is 0 Å². The van der Waals surface area contributed by atoms with Gasteiger partial charge in [0.2, 0.25) is 5.91 Å². The number of carbonyl (C=O) groups excluding carboxylic acids is 2. The Balaban J connectivity index is 1.61. The number of aryl methyl sites for hydroxylation is 1. The maximum absolute atomic E-state index is 12.9.